The van der Waals surface area contributed by atoms with E-state index in [1.165, 1.54) is 0 Å². The lowest BCUT2D eigenvalue weighted by atomic mass is 10.1. The van der Waals surface area contributed by atoms with Crippen LogP contribution in [0.1, 0.15) is 12.8 Å². The first-order valence-electron chi connectivity index (χ1n) is 4.59. The number of hydrogen-bond acceptors (Lipinski definition) is 3. The average molecular weight is 184 g/mol. The van der Waals surface area contributed by atoms with Crippen molar-refractivity contribution in [3.8, 4) is 0 Å². The van der Waals surface area contributed by atoms with Crippen LogP contribution >= 0.6 is 0 Å². The number of alkyl carbamates (subject to hydrolysis) is 1. The van der Waals surface area contributed by atoms with E-state index in [-0.39, 0.29) is 12.2 Å². The smallest absolute Gasteiger partial charge is 0.407 e. The highest BCUT2D eigenvalue weighted by Gasteiger charge is 2.16. The number of rotatable bonds is 3. The van der Waals surface area contributed by atoms with Gasteiger partial charge in [0.15, 0.2) is 0 Å². The van der Waals surface area contributed by atoms with Crippen LogP contribution in [0.5, 0.6) is 0 Å². The molecule has 0 aromatic carbocycles. The lowest BCUT2D eigenvalue weighted by Crippen LogP contribution is -2.39. The molecule has 1 saturated heterocycles. The lowest BCUT2D eigenvalue weighted by Gasteiger charge is -2.22. The van der Waals surface area contributed by atoms with E-state index in [0.717, 1.165) is 25.9 Å². The third-order valence-electron chi connectivity index (χ3n) is 1.92. The Balaban J connectivity index is 2.14. The zero-order chi connectivity index (χ0) is 9.52. The molecule has 0 bridgehead atoms. The second-order valence-corrected chi connectivity index (χ2v) is 3.04. The molecule has 1 unspecified atom stereocenters. The molecule has 0 aliphatic carbocycles. The van der Waals surface area contributed by atoms with E-state index in [0.29, 0.717) is 6.54 Å². The summed E-state index contributed by atoms with van der Waals surface area (Å²) >= 11 is 0. The molecule has 4 nitrogen and oxygen atoms in total. The highest BCUT2D eigenvalue weighted by molar-refractivity contribution is 5.67. The lowest BCUT2D eigenvalue weighted by molar-refractivity contribution is 0.0833. The number of carbonyl (C=O) groups excluding carboxylic acids is 1. The number of amides is 1. The fraction of sp³-hybridized carbons (Fsp3) is 0.667. The summed E-state index contributed by atoms with van der Waals surface area (Å²) < 4.78 is 5.13. The van der Waals surface area contributed by atoms with Gasteiger partial charge in [-0.25, -0.2) is 4.79 Å². The second-order valence-electron chi connectivity index (χ2n) is 3.04. The van der Waals surface area contributed by atoms with Crippen molar-refractivity contribution in [1.29, 1.82) is 0 Å². The van der Waals surface area contributed by atoms with Crippen LogP contribution in [0, 0.1) is 0 Å². The molecule has 0 aromatic rings. The summed E-state index contributed by atoms with van der Waals surface area (Å²) in [5.74, 6) is 0. The second kappa shape index (κ2) is 5.59. The molecule has 1 amide bonds. The predicted octanol–water partition coefficient (Wildman–Crippen LogP) is 0.651. The Hall–Kier alpha value is -1.03. The highest BCUT2D eigenvalue weighted by atomic mass is 16.6. The van der Waals surface area contributed by atoms with Gasteiger partial charge in [-0.15, -0.1) is 6.58 Å². The third kappa shape index (κ3) is 3.94. The molecule has 0 radical (unpaired) electrons. The average Bonchev–Trinajstić information content (AvgIpc) is 2.16. The van der Waals surface area contributed by atoms with Gasteiger partial charge >= 0.3 is 6.09 Å². The van der Waals surface area contributed by atoms with E-state index in [1.54, 1.807) is 6.08 Å². The van der Waals surface area contributed by atoms with Crippen LogP contribution in [0.2, 0.25) is 0 Å². The zero-order valence-corrected chi connectivity index (χ0v) is 7.71. The summed E-state index contributed by atoms with van der Waals surface area (Å²) in [4.78, 5) is 11.1. The Kier molecular flexibility index (Phi) is 4.32. The van der Waals surface area contributed by atoms with Crippen molar-refractivity contribution in [3.63, 3.8) is 0 Å². The summed E-state index contributed by atoms with van der Waals surface area (Å²) in [6, 6.07) is 0. The van der Waals surface area contributed by atoms with Gasteiger partial charge in [0.2, 0.25) is 0 Å². The largest absolute Gasteiger partial charge is 0.445 e. The molecule has 1 aliphatic rings. The van der Waals surface area contributed by atoms with E-state index in [2.05, 4.69) is 17.2 Å². The molecule has 4 heteroatoms. The summed E-state index contributed by atoms with van der Waals surface area (Å²) in [5.41, 5.74) is 0. The van der Waals surface area contributed by atoms with Crippen molar-refractivity contribution in [3.05, 3.63) is 12.7 Å². The van der Waals surface area contributed by atoms with Gasteiger partial charge in [0.1, 0.15) is 6.10 Å². The maximum Gasteiger partial charge on any atom is 0.407 e. The molecular formula is C9H16N2O2. The van der Waals surface area contributed by atoms with E-state index in [9.17, 15) is 4.79 Å². The monoisotopic (exact) mass is 184 g/mol. The summed E-state index contributed by atoms with van der Waals surface area (Å²) in [7, 11) is 0. The highest BCUT2D eigenvalue weighted by Crippen LogP contribution is 2.05. The fourth-order valence-corrected chi connectivity index (χ4v) is 1.27. The number of nitrogens with one attached hydrogen (secondary N) is 2. The fourth-order valence-electron chi connectivity index (χ4n) is 1.27. The van der Waals surface area contributed by atoms with Crippen LogP contribution in [0.25, 0.3) is 0 Å². The minimum atomic E-state index is -0.353. The van der Waals surface area contributed by atoms with Crippen LogP contribution in [0.15, 0.2) is 12.7 Å². The minimum Gasteiger partial charge on any atom is -0.445 e. The first-order chi connectivity index (χ1) is 6.33. The quantitative estimate of drug-likeness (QED) is 0.633. The van der Waals surface area contributed by atoms with Crippen LogP contribution in [-0.4, -0.2) is 31.8 Å². The molecule has 13 heavy (non-hydrogen) atoms. The first kappa shape index (κ1) is 10.1. The van der Waals surface area contributed by atoms with E-state index < -0.39 is 0 Å². The minimum absolute atomic E-state index is 0.0264. The predicted molar refractivity (Wildman–Crippen MR) is 50.6 cm³/mol. The number of carbonyl (C=O) groups is 1. The Morgan fingerprint density at radius 2 is 2.62 bits per heavy atom. The molecule has 1 heterocycles. The molecule has 0 aromatic heterocycles. The van der Waals surface area contributed by atoms with Crippen molar-refractivity contribution in [2.45, 2.75) is 18.9 Å². The van der Waals surface area contributed by atoms with Crippen LogP contribution in [-0.2, 0) is 4.74 Å². The molecule has 1 rings (SSSR count). The van der Waals surface area contributed by atoms with Gasteiger partial charge in [0, 0.05) is 13.1 Å². The maximum atomic E-state index is 11.1. The Morgan fingerprint density at radius 3 is 3.23 bits per heavy atom. The number of hydrogen-bond donors (Lipinski definition) is 2. The summed E-state index contributed by atoms with van der Waals surface area (Å²) in [5, 5.41) is 5.74. The zero-order valence-electron chi connectivity index (χ0n) is 7.71. The van der Waals surface area contributed by atoms with Crippen molar-refractivity contribution >= 4 is 6.09 Å². The van der Waals surface area contributed by atoms with Crippen LogP contribution in [0.3, 0.4) is 0 Å². The van der Waals surface area contributed by atoms with E-state index >= 15 is 0 Å². The molecule has 0 spiro atoms. The summed E-state index contributed by atoms with van der Waals surface area (Å²) in [6.45, 7) is 5.74. The Bertz CT molecular complexity index is 176. The van der Waals surface area contributed by atoms with Gasteiger partial charge in [-0.3, -0.25) is 0 Å². The van der Waals surface area contributed by atoms with Gasteiger partial charge in [-0.2, -0.15) is 0 Å². The first-order valence-corrected chi connectivity index (χ1v) is 4.59. The Morgan fingerprint density at radius 1 is 1.77 bits per heavy atom. The third-order valence-corrected chi connectivity index (χ3v) is 1.92. The molecule has 74 valence electrons. The van der Waals surface area contributed by atoms with Crippen molar-refractivity contribution in [2.75, 3.05) is 19.6 Å². The standard InChI is InChI=1S/C9H16N2O2/c1-2-5-11-9(12)13-8-4-3-6-10-7-8/h2,8,10H,1,3-7H2,(H,11,12). The van der Waals surface area contributed by atoms with Gasteiger partial charge in [-0.1, -0.05) is 6.08 Å². The van der Waals surface area contributed by atoms with Gasteiger partial charge in [-0.05, 0) is 19.4 Å². The number of piperidine rings is 1. The molecule has 0 saturated carbocycles. The van der Waals surface area contributed by atoms with Crippen molar-refractivity contribution < 1.29 is 9.53 Å². The van der Waals surface area contributed by atoms with E-state index in [4.69, 9.17) is 4.74 Å². The van der Waals surface area contributed by atoms with Gasteiger partial charge < -0.3 is 15.4 Å². The number of ether oxygens (including phenoxy) is 1. The molecule has 1 atom stereocenters. The SMILES string of the molecule is C=CCNC(=O)OC1CCCNC1. The molecular weight excluding hydrogens is 168 g/mol. The van der Waals surface area contributed by atoms with Gasteiger partial charge in [0.05, 0.1) is 0 Å². The van der Waals surface area contributed by atoms with Crippen molar-refractivity contribution in [1.82, 2.24) is 10.6 Å². The van der Waals surface area contributed by atoms with Crippen LogP contribution in [0.4, 0.5) is 4.79 Å². The maximum absolute atomic E-state index is 11.1. The van der Waals surface area contributed by atoms with Crippen molar-refractivity contribution in [2.24, 2.45) is 0 Å². The van der Waals surface area contributed by atoms with Crippen LogP contribution < -0.4 is 10.6 Å². The Labute approximate surface area is 78.3 Å². The molecule has 1 aliphatic heterocycles. The topological polar surface area (TPSA) is 50.4 Å². The molecule has 1 fully saturated rings. The molecule has 2 N–H and O–H groups in total. The van der Waals surface area contributed by atoms with Gasteiger partial charge in [0.25, 0.3) is 0 Å². The normalized spacial score (nSPS) is 22.0. The van der Waals surface area contributed by atoms with E-state index in [1.807, 2.05) is 0 Å². The summed E-state index contributed by atoms with van der Waals surface area (Å²) in [6.07, 6.45) is 3.32.